The number of anilines is 1. The third-order valence-electron chi connectivity index (χ3n) is 5.71. The van der Waals surface area contributed by atoms with E-state index >= 15 is 0 Å². The molecule has 1 aliphatic heterocycles. The standard InChI is InChI=1S/C25H24N4O/c30-24(17-18-9-10-19-6-3-4-7-21(19)16-18)26-22-13-11-20(12-14-22)25-28-27-23-8-2-1-5-15-29(23)25/h3-4,6-7,9-14,16H,1-2,5,8,15,17H2,(H,26,30). The summed E-state index contributed by atoms with van der Waals surface area (Å²) < 4.78 is 2.24. The molecule has 5 nitrogen and oxygen atoms in total. The molecule has 1 aliphatic rings. The summed E-state index contributed by atoms with van der Waals surface area (Å²) in [5, 5.41) is 14.1. The summed E-state index contributed by atoms with van der Waals surface area (Å²) in [4.78, 5) is 12.5. The number of hydrogen-bond donors (Lipinski definition) is 1. The summed E-state index contributed by atoms with van der Waals surface area (Å²) in [5.74, 6) is 1.98. The molecule has 1 amide bonds. The largest absolute Gasteiger partial charge is 0.326 e. The van der Waals surface area contributed by atoms with E-state index in [-0.39, 0.29) is 5.91 Å². The van der Waals surface area contributed by atoms with E-state index in [4.69, 9.17) is 0 Å². The van der Waals surface area contributed by atoms with Crippen LogP contribution in [0.5, 0.6) is 0 Å². The first-order valence-corrected chi connectivity index (χ1v) is 10.6. The second kappa shape index (κ2) is 8.11. The molecule has 0 saturated carbocycles. The number of aryl methyl sites for hydroxylation is 1. The maximum Gasteiger partial charge on any atom is 0.228 e. The number of nitrogens with one attached hydrogen (secondary N) is 1. The number of fused-ring (bicyclic) bond motifs is 2. The molecule has 2 heterocycles. The van der Waals surface area contributed by atoms with Crippen molar-refractivity contribution in [1.29, 1.82) is 0 Å². The van der Waals surface area contributed by atoms with Crippen molar-refractivity contribution in [2.24, 2.45) is 0 Å². The Kier molecular flexibility index (Phi) is 5.01. The molecule has 0 saturated heterocycles. The minimum absolute atomic E-state index is 0.0191. The third-order valence-corrected chi connectivity index (χ3v) is 5.71. The normalized spacial score (nSPS) is 13.6. The molecule has 0 bridgehead atoms. The summed E-state index contributed by atoms with van der Waals surface area (Å²) in [7, 11) is 0. The number of carbonyl (C=O) groups excluding carboxylic acids is 1. The van der Waals surface area contributed by atoms with E-state index in [1.54, 1.807) is 0 Å². The van der Waals surface area contributed by atoms with Gasteiger partial charge in [0.25, 0.3) is 0 Å². The van der Waals surface area contributed by atoms with Gasteiger partial charge in [0, 0.05) is 24.2 Å². The molecule has 0 atom stereocenters. The van der Waals surface area contributed by atoms with Gasteiger partial charge in [0.2, 0.25) is 5.91 Å². The summed E-state index contributed by atoms with van der Waals surface area (Å²) in [6, 6.07) is 22.2. The van der Waals surface area contributed by atoms with Crippen molar-refractivity contribution in [2.45, 2.75) is 38.6 Å². The monoisotopic (exact) mass is 396 g/mol. The highest BCUT2D eigenvalue weighted by Crippen LogP contribution is 2.24. The molecule has 4 aromatic rings. The Hall–Kier alpha value is -3.47. The van der Waals surface area contributed by atoms with Crippen molar-refractivity contribution in [1.82, 2.24) is 14.8 Å². The molecule has 0 aliphatic carbocycles. The molecule has 1 aromatic heterocycles. The number of nitrogens with zero attached hydrogens (tertiary/aromatic N) is 3. The first-order valence-electron chi connectivity index (χ1n) is 10.6. The lowest BCUT2D eigenvalue weighted by atomic mass is 10.0. The highest BCUT2D eigenvalue weighted by molar-refractivity contribution is 5.93. The molecule has 30 heavy (non-hydrogen) atoms. The number of hydrogen-bond acceptors (Lipinski definition) is 3. The zero-order valence-electron chi connectivity index (χ0n) is 16.8. The van der Waals surface area contributed by atoms with Gasteiger partial charge in [-0.1, -0.05) is 48.9 Å². The quantitative estimate of drug-likeness (QED) is 0.528. The summed E-state index contributed by atoms with van der Waals surface area (Å²) in [5.41, 5.74) is 2.83. The smallest absolute Gasteiger partial charge is 0.228 e. The molecular formula is C25H24N4O. The summed E-state index contributed by atoms with van der Waals surface area (Å²) in [6.07, 6.45) is 4.94. The fourth-order valence-corrected chi connectivity index (χ4v) is 4.14. The molecule has 0 spiro atoms. The zero-order chi connectivity index (χ0) is 20.3. The molecule has 1 N–H and O–H groups in total. The van der Waals surface area contributed by atoms with Gasteiger partial charge in [-0.2, -0.15) is 0 Å². The maximum atomic E-state index is 12.5. The average Bonchev–Trinajstić information content (AvgIpc) is 3.02. The predicted molar refractivity (Wildman–Crippen MR) is 119 cm³/mol. The van der Waals surface area contributed by atoms with E-state index in [0.29, 0.717) is 6.42 Å². The van der Waals surface area contributed by atoms with E-state index < -0.39 is 0 Å². The fourth-order valence-electron chi connectivity index (χ4n) is 4.14. The van der Waals surface area contributed by atoms with Crippen molar-refractivity contribution >= 4 is 22.4 Å². The summed E-state index contributed by atoms with van der Waals surface area (Å²) in [6.45, 7) is 0.974. The number of carbonyl (C=O) groups is 1. The molecule has 5 rings (SSSR count). The van der Waals surface area contributed by atoms with Gasteiger partial charge in [-0.25, -0.2) is 0 Å². The highest BCUT2D eigenvalue weighted by atomic mass is 16.1. The van der Waals surface area contributed by atoms with Crippen LogP contribution in [0.4, 0.5) is 5.69 Å². The van der Waals surface area contributed by atoms with Gasteiger partial charge < -0.3 is 9.88 Å². The van der Waals surface area contributed by atoms with Crippen molar-refractivity contribution in [3.8, 4) is 11.4 Å². The lowest BCUT2D eigenvalue weighted by molar-refractivity contribution is -0.115. The van der Waals surface area contributed by atoms with E-state index in [0.717, 1.165) is 46.8 Å². The van der Waals surface area contributed by atoms with Crippen LogP contribution >= 0.6 is 0 Å². The first-order chi connectivity index (χ1) is 14.8. The number of aromatic nitrogens is 3. The number of benzene rings is 3. The Morgan fingerprint density at radius 1 is 0.900 bits per heavy atom. The molecule has 150 valence electrons. The Labute approximate surface area is 175 Å². The van der Waals surface area contributed by atoms with Crippen LogP contribution in [-0.2, 0) is 24.2 Å². The van der Waals surface area contributed by atoms with Crippen LogP contribution in [0.2, 0.25) is 0 Å². The Bertz CT molecular complexity index is 1190. The maximum absolute atomic E-state index is 12.5. The molecule has 0 fully saturated rings. The minimum atomic E-state index is -0.0191. The van der Waals surface area contributed by atoms with E-state index in [2.05, 4.69) is 44.3 Å². The Morgan fingerprint density at radius 2 is 1.73 bits per heavy atom. The van der Waals surface area contributed by atoms with Gasteiger partial charge in [0.1, 0.15) is 5.82 Å². The Balaban J connectivity index is 1.28. The number of amides is 1. The lowest BCUT2D eigenvalue weighted by Crippen LogP contribution is -2.14. The van der Waals surface area contributed by atoms with Crippen molar-refractivity contribution in [3.05, 3.63) is 78.1 Å². The predicted octanol–water partition coefficient (Wildman–Crippen LogP) is 5.01. The van der Waals surface area contributed by atoms with Gasteiger partial charge in [-0.15, -0.1) is 10.2 Å². The molecular weight excluding hydrogens is 372 g/mol. The van der Waals surface area contributed by atoms with Crippen LogP contribution in [0.3, 0.4) is 0 Å². The topological polar surface area (TPSA) is 59.8 Å². The average molecular weight is 396 g/mol. The van der Waals surface area contributed by atoms with E-state index in [1.807, 2.05) is 42.5 Å². The fraction of sp³-hybridized carbons (Fsp3) is 0.240. The van der Waals surface area contributed by atoms with Gasteiger partial charge in [-0.3, -0.25) is 4.79 Å². The van der Waals surface area contributed by atoms with Gasteiger partial charge in [-0.05, 0) is 53.4 Å². The second-order valence-electron chi connectivity index (χ2n) is 7.89. The molecule has 5 heteroatoms. The van der Waals surface area contributed by atoms with Crippen molar-refractivity contribution in [2.75, 3.05) is 5.32 Å². The Morgan fingerprint density at radius 3 is 2.60 bits per heavy atom. The van der Waals surface area contributed by atoms with Gasteiger partial charge >= 0.3 is 0 Å². The molecule has 0 radical (unpaired) electrons. The van der Waals surface area contributed by atoms with Crippen LogP contribution in [-0.4, -0.2) is 20.7 Å². The highest BCUT2D eigenvalue weighted by Gasteiger charge is 2.16. The van der Waals surface area contributed by atoms with Gasteiger partial charge in [0.15, 0.2) is 5.82 Å². The van der Waals surface area contributed by atoms with Crippen LogP contribution in [0, 0.1) is 0 Å². The zero-order valence-corrected chi connectivity index (χ0v) is 16.8. The first kappa shape index (κ1) is 18.6. The minimum Gasteiger partial charge on any atom is -0.326 e. The van der Waals surface area contributed by atoms with Gasteiger partial charge in [0.05, 0.1) is 6.42 Å². The van der Waals surface area contributed by atoms with Crippen LogP contribution in [0.25, 0.3) is 22.2 Å². The molecule has 0 unspecified atom stereocenters. The molecule has 3 aromatic carbocycles. The van der Waals surface area contributed by atoms with Crippen molar-refractivity contribution in [3.63, 3.8) is 0 Å². The van der Waals surface area contributed by atoms with Crippen LogP contribution in [0.15, 0.2) is 66.7 Å². The lowest BCUT2D eigenvalue weighted by Gasteiger charge is -2.09. The second-order valence-corrected chi connectivity index (χ2v) is 7.89. The SMILES string of the molecule is O=C(Cc1ccc2ccccc2c1)Nc1ccc(-c2nnc3n2CCCCC3)cc1. The van der Waals surface area contributed by atoms with Crippen LogP contribution in [0.1, 0.15) is 30.7 Å². The van der Waals surface area contributed by atoms with E-state index in [9.17, 15) is 4.79 Å². The number of rotatable bonds is 4. The summed E-state index contributed by atoms with van der Waals surface area (Å²) >= 11 is 0. The van der Waals surface area contributed by atoms with Crippen LogP contribution < -0.4 is 5.32 Å². The third kappa shape index (κ3) is 3.83. The van der Waals surface area contributed by atoms with E-state index in [1.165, 1.54) is 24.6 Å². The van der Waals surface area contributed by atoms with Crippen molar-refractivity contribution < 1.29 is 4.79 Å².